The van der Waals surface area contributed by atoms with Crippen LogP contribution in [0.1, 0.15) is 18.9 Å². The van der Waals surface area contributed by atoms with Crippen LogP contribution in [0.2, 0.25) is 0 Å². The Balaban J connectivity index is 1.33. The van der Waals surface area contributed by atoms with Gasteiger partial charge < -0.3 is 20.4 Å². The Labute approximate surface area is 188 Å². The number of hydrogen-bond donors (Lipinski definition) is 2. The molecule has 0 amide bonds. The molecule has 1 unspecified atom stereocenters. The zero-order chi connectivity index (χ0) is 21.5. The van der Waals surface area contributed by atoms with E-state index in [1.165, 1.54) is 28.8 Å². The van der Waals surface area contributed by atoms with Crippen LogP contribution in [0.4, 0.5) is 15.9 Å². The van der Waals surface area contributed by atoms with Crippen molar-refractivity contribution in [3.8, 4) is 0 Å². The van der Waals surface area contributed by atoms with Crippen molar-refractivity contribution < 1.29 is 4.39 Å². The van der Waals surface area contributed by atoms with E-state index in [1.807, 2.05) is 16.7 Å². The van der Waals surface area contributed by atoms with Gasteiger partial charge in [0.15, 0.2) is 17.6 Å². The molecule has 0 bridgehead atoms. The molecule has 0 spiro atoms. The number of halogens is 1. The summed E-state index contributed by atoms with van der Waals surface area (Å²) in [5.74, 6) is 3.37. The number of benzene rings is 1. The molecular formula is C23H31FN6S. The molecule has 2 saturated heterocycles. The first-order chi connectivity index (χ1) is 15.2. The number of aliphatic imine (C=N–C) groups is 1. The molecule has 2 N–H and O–H groups in total. The third-order valence-corrected chi connectivity index (χ3v) is 6.59. The van der Waals surface area contributed by atoms with Gasteiger partial charge >= 0.3 is 0 Å². The highest BCUT2D eigenvalue weighted by molar-refractivity contribution is 7.99. The molecule has 3 heterocycles. The first kappa shape index (κ1) is 21.7. The van der Waals surface area contributed by atoms with E-state index in [9.17, 15) is 4.39 Å². The van der Waals surface area contributed by atoms with Gasteiger partial charge in [0, 0.05) is 62.2 Å². The second-order valence-electron chi connectivity index (χ2n) is 7.85. The fourth-order valence-electron chi connectivity index (χ4n) is 4.00. The van der Waals surface area contributed by atoms with Gasteiger partial charge in [0.2, 0.25) is 0 Å². The van der Waals surface area contributed by atoms with E-state index >= 15 is 0 Å². The Morgan fingerprint density at radius 1 is 1.16 bits per heavy atom. The Morgan fingerprint density at radius 3 is 2.71 bits per heavy atom. The molecule has 6 nitrogen and oxygen atoms in total. The summed E-state index contributed by atoms with van der Waals surface area (Å²) >= 11 is 2.03. The first-order valence-corrected chi connectivity index (χ1v) is 12.2. The lowest BCUT2D eigenvalue weighted by atomic mass is 10.2. The van der Waals surface area contributed by atoms with Crippen molar-refractivity contribution in [2.75, 3.05) is 54.0 Å². The lowest BCUT2D eigenvalue weighted by Gasteiger charge is -2.28. The van der Waals surface area contributed by atoms with E-state index in [4.69, 9.17) is 4.99 Å². The fraction of sp³-hybridized carbons (Fsp3) is 0.478. The third kappa shape index (κ3) is 5.81. The van der Waals surface area contributed by atoms with Gasteiger partial charge in [-0.15, -0.1) is 0 Å². The maximum Gasteiger partial charge on any atom is 0.191 e. The van der Waals surface area contributed by atoms with Crippen LogP contribution < -0.4 is 20.4 Å². The fourth-order valence-corrected chi connectivity index (χ4v) is 4.90. The van der Waals surface area contributed by atoms with Gasteiger partial charge in [-0.25, -0.2) is 14.4 Å². The summed E-state index contributed by atoms with van der Waals surface area (Å²) in [6, 6.07) is 12.0. The largest absolute Gasteiger partial charge is 0.370 e. The smallest absolute Gasteiger partial charge is 0.191 e. The van der Waals surface area contributed by atoms with Crippen molar-refractivity contribution in [1.82, 2.24) is 15.6 Å². The summed E-state index contributed by atoms with van der Waals surface area (Å²) in [5.41, 5.74) is 2.49. The van der Waals surface area contributed by atoms with Crippen molar-refractivity contribution in [2.45, 2.75) is 25.9 Å². The molecule has 2 fully saturated rings. The molecule has 0 aliphatic carbocycles. The number of guanidine groups is 1. The number of aromatic nitrogens is 1. The number of rotatable bonds is 6. The van der Waals surface area contributed by atoms with Gasteiger partial charge in [-0.1, -0.05) is 12.1 Å². The SMILES string of the molecule is CCNC(=NCc1ccc(N2CCSCC2)cc1)NC1CCN(c2ncccc2F)C1. The molecule has 1 aromatic heterocycles. The van der Waals surface area contributed by atoms with Crippen molar-refractivity contribution in [3.63, 3.8) is 0 Å². The Kier molecular flexibility index (Phi) is 7.51. The van der Waals surface area contributed by atoms with Crippen LogP contribution in [-0.4, -0.2) is 61.2 Å². The van der Waals surface area contributed by atoms with Crippen molar-refractivity contribution in [3.05, 3.63) is 54.0 Å². The monoisotopic (exact) mass is 442 g/mol. The molecule has 0 saturated carbocycles. The van der Waals surface area contributed by atoms with Crippen molar-refractivity contribution >= 4 is 29.2 Å². The standard InChI is InChI=1S/C23H31FN6S/c1-2-25-23(28-19-9-11-30(17-19)22-21(24)4-3-10-26-22)27-16-18-5-7-20(8-6-18)29-12-14-31-15-13-29/h3-8,10,19H,2,9,11-17H2,1H3,(H2,25,27,28). The second-order valence-corrected chi connectivity index (χ2v) is 9.07. The van der Waals surface area contributed by atoms with E-state index in [2.05, 4.69) is 51.7 Å². The van der Waals surface area contributed by atoms with Gasteiger partial charge in [0.05, 0.1) is 6.54 Å². The average molecular weight is 443 g/mol. The predicted molar refractivity (Wildman–Crippen MR) is 129 cm³/mol. The van der Waals surface area contributed by atoms with E-state index in [-0.39, 0.29) is 11.9 Å². The molecule has 2 aliphatic rings. The van der Waals surface area contributed by atoms with Gasteiger partial charge in [-0.05, 0) is 43.2 Å². The highest BCUT2D eigenvalue weighted by Crippen LogP contribution is 2.21. The molecular weight excluding hydrogens is 411 g/mol. The van der Waals surface area contributed by atoms with Gasteiger partial charge in [0.25, 0.3) is 0 Å². The topological polar surface area (TPSA) is 55.8 Å². The number of thioether (sulfide) groups is 1. The molecule has 1 atom stereocenters. The number of nitrogens with zero attached hydrogens (tertiary/aromatic N) is 4. The molecule has 2 aromatic rings. The minimum atomic E-state index is -0.268. The van der Waals surface area contributed by atoms with E-state index in [0.29, 0.717) is 18.9 Å². The lowest BCUT2D eigenvalue weighted by Crippen LogP contribution is -2.44. The van der Waals surface area contributed by atoms with Crippen LogP contribution in [0, 0.1) is 5.82 Å². The molecule has 31 heavy (non-hydrogen) atoms. The Morgan fingerprint density at radius 2 is 1.97 bits per heavy atom. The summed E-state index contributed by atoms with van der Waals surface area (Å²) < 4.78 is 14.0. The van der Waals surface area contributed by atoms with Gasteiger partial charge in [-0.3, -0.25) is 0 Å². The van der Waals surface area contributed by atoms with E-state index < -0.39 is 0 Å². The first-order valence-electron chi connectivity index (χ1n) is 11.0. The van der Waals surface area contributed by atoms with Crippen molar-refractivity contribution in [1.29, 1.82) is 0 Å². The predicted octanol–water partition coefficient (Wildman–Crippen LogP) is 3.11. The van der Waals surface area contributed by atoms with E-state index in [1.54, 1.807) is 12.3 Å². The van der Waals surface area contributed by atoms with Crippen LogP contribution in [0.5, 0.6) is 0 Å². The summed E-state index contributed by atoms with van der Waals surface area (Å²) in [7, 11) is 0. The molecule has 8 heteroatoms. The highest BCUT2D eigenvalue weighted by atomic mass is 32.2. The zero-order valence-electron chi connectivity index (χ0n) is 18.1. The van der Waals surface area contributed by atoms with Gasteiger partial charge in [-0.2, -0.15) is 11.8 Å². The number of pyridine rings is 1. The number of hydrogen-bond acceptors (Lipinski definition) is 5. The Hall–Kier alpha value is -2.48. The highest BCUT2D eigenvalue weighted by Gasteiger charge is 2.25. The van der Waals surface area contributed by atoms with Crippen molar-refractivity contribution in [2.24, 2.45) is 4.99 Å². The summed E-state index contributed by atoms with van der Waals surface area (Å²) in [4.78, 5) is 13.4. The minimum Gasteiger partial charge on any atom is -0.370 e. The van der Waals surface area contributed by atoms with Crippen LogP contribution in [-0.2, 0) is 6.54 Å². The maximum absolute atomic E-state index is 14.0. The normalized spacial score (nSPS) is 19.5. The number of anilines is 2. The van der Waals surface area contributed by atoms with Crippen LogP contribution in [0.3, 0.4) is 0 Å². The quantitative estimate of drug-likeness (QED) is 0.530. The molecule has 166 valence electrons. The van der Waals surface area contributed by atoms with Gasteiger partial charge in [0.1, 0.15) is 0 Å². The average Bonchev–Trinajstić information content (AvgIpc) is 3.27. The summed E-state index contributed by atoms with van der Waals surface area (Å²) in [6.07, 6.45) is 2.56. The molecule has 4 rings (SSSR count). The summed E-state index contributed by atoms with van der Waals surface area (Å²) in [6.45, 7) is 7.21. The Bertz CT molecular complexity index is 869. The number of nitrogens with one attached hydrogen (secondary N) is 2. The lowest BCUT2D eigenvalue weighted by molar-refractivity contribution is 0.612. The molecule has 1 aromatic carbocycles. The van der Waals surface area contributed by atoms with Crippen LogP contribution in [0.25, 0.3) is 0 Å². The van der Waals surface area contributed by atoms with Crippen LogP contribution in [0.15, 0.2) is 47.6 Å². The molecule has 2 aliphatic heterocycles. The summed E-state index contributed by atoms with van der Waals surface area (Å²) in [5, 5.41) is 6.83. The molecule has 0 radical (unpaired) electrons. The zero-order valence-corrected chi connectivity index (χ0v) is 18.9. The van der Waals surface area contributed by atoms with Crippen LogP contribution >= 0.6 is 11.8 Å². The third-order valence-electron chi connectivity index (χ3n) is 5.64. The maximum atomic E-state index is 14.0. The van der Waals surface area contributed by atoms with E-state index in [0.717, 1.165) is 38.6 Å². The minimum absolute atomic E-state index is 0.207. The second kappa shape index (κ2) is 10.7.